The maximum Gasteiger partial charge on any atom is 0.272 e. The largest absolute Gasteiger partial charge is 0.398 e. The Morgan fingerprint density at radius 3 is 2.58 bits per heavy atom. The summed E-state index contributed by atoms with van der Waals surface area (Å²) < 4.78 is 26.7. The molecule has 0 spiro atoms. The van der Waals surface area contributed by atoms with Crippen LogP contribution in [0, 0.1) is 11.6 Å². The molecule has 136 valence electrons. The molecule has 0 fully saturated rings. The fourth-order valence-electron chi connectivity index (χ4n) is 2.44. The number of amides is 1. The van der Waals surface area contributed by atoms with Gasteiger partial charge >= 0.3 is 0 Å². The first-order valence-electron chi connectivity index (χ1n) is 7.99. The summed E-state index contributed by atoms with van der Waals surface area (Å²) in [4.78, 5) is 15.9. The van der Waals surface area contributed by atoms with Crippen LogP contribution >= 0.6 is 0 Å². The van der Waals surface area contributed by atoms with Crippen LogP contribution in [0.1, 0.15) is 18.9 Å². The standard InChI is InChI=1S/C19H20F2N4O/c1-3-9-25-19(26)18(24-2)17(23)13-6-4-5-12(16(13)22)11-7-8-14(20)15(21)10-11/h4-8,10H,2-3,9,22-23H2,1H3,(H,25,26)/b18-17+. The first kappa shape index (κ1) is 19.1. The summed E-state index contributed by atoms with van der Waals surface area (Å²) in [6.45, 7) is 5.77. The van der Waals surface area contributed by atoms with E-state index in [1.807, 2.05) is 6.92 Å². The van der Waals surface area contributed by atoms with Crippen molar-refractivity contribution in [2.75, 3.05) is 12.3 Å². The molecule has 0 unspecified atom stereocenters. The van der Waals surface area contributed by atoms with Gasteiger partial charge in [0, 0.05) is 23.4 Å². The van der Waals surface area contributed by atoms with E-state index in [1.165, 1.54) is 6.07 Å². The number of nitrogens with zero attached hydrogens (tertiary/aromatic N) is 1. The lowest BCUT2D eigenvalue weighted by Gasteiger charge is -2.14. The van der Waals surface area contributed by atoms with Crippen molar-refractivity contribution in [2.45, 2.75) is 13.3 Å². The van der Waals surface area contributed by atoms with E-state index in [0.717, 1.165) is 18.6 Å². The summed E-state index contributed by atoms with van der Waals surface area (Å²) in [5, 5.41) is 2.67. The topological polar surface area (TPSA) is 93.5 Å². The van der Waals surface area contributed by atoms with Crippen LogP contribution in [0.2, 0.25) is 0 Å². The van der Waals surface area contributed by atoms with Crippen LogP contribution in [-0.4, -0.2) is 19.2 Å². The van der Waals surface area contributed by atoms with Crippen LogP contribution < -0.4 is 16.8 Å². The molecule has 0 aliphatic rings. The van der Waals surface area contributed by atoms with Crippen molar-refractivity contribution in [3.05, 3.63) is 59.3 Å². The van der Waals surface area contributed by atoms with E-state index in [9.17, 15) is 13.6 Å². The molecule has 2 aromatic rings. The molecule has 5 nitrogen and oxygen atoms in total. The lowest BCUT2D eigenvalue weighted by molar-refractivity contribution is -0.117. The fraction of sp³-hybridized carbons (Fsp3) is 0.158. The average Bonchev–Trinajstić information content (AvgIpc) is 2.63. The van der Waals surface area contributed by atoms with Crippen molar-refractivity contribution in [1.82, 2.24) is 5.32 Å². The van der Waals surface area contributed by atoms with Crippen molar-refractivity contribution in [3.8, 4) is 11.1 Å². The Balaban J connectivity index is 2.53. The van der Waals surface area contributed by atoms with Crippen molar-refractivity contribution < 1.29 is 13.6 Å². The number of anilines is 1. The minimum atomic E-state index is -0.983. The number of nitrogen functional groups attached to an aromatic ring is 1. The van der Waals surface area contributed by atoms with Gasteiger partial charge in [0.2, 0.25) is 0 Å². The zero-order valence-corrected chi connectivity index (χ0v) is 14.4. The van der Waals surface area contributed by atoms with Crippen LogP contribution in [0.4, 0.5) is 14.5 Å². The molecule has 0 bridgehead atoms. The molecule has 1 amide bonds. The number of benzene rings is 2. The van der Waals surface area contributed by atoms with Gasteiger partial charge in [0.05, 0.1) is 5.70 Å². The lowest BCUT2D eigenvalue weighted by Crippen LogP contribution is -2.26. The monoisotopic (exact) mass is 358 g/mol. The van der Waals surface area contributed by atoms with E-state index in [2.05, 4.69) is 17.0 Å². The van der Waals surface area contributed by atoms with Crippen molar-refractivity contribution >= 4 is 24.0 Å². The van der Waals surface area contributed by atoms with E-state index in [0.29, 0.717) is 23.2 Å². The third kappa shape index (κ3) is 3.88. The number of para-hydroxylation sites is 1. The second kappa shape index (κ2) is 8.24. The number of carbonyl (C=O) groups is 1. The first-order chi connectivity index (χ1) is 12.4. The van der Waals surface area contributed by atoms with Gasteiger partial charge in [0.15, 0.2) is 17.3 Å². The molecule has 2 aromatic carbocycles. The number of carbonyl (C=O) groups excluding carboxylic acids is 1. The third-order valence-corrected chi connectivity index (χ3v) is 3.79. The molecule has 0 aliphatic carbocycles. The van der Waals surface area contributed by atoms with E-state index in [4.69, 9.17) is 11.5 Å². The van der Waals surface area contributed by atoms with E-state index >= 15 is 0 Å². The van der Waals surface area contributed by atoms with Gasteiger partial charge in [-0.15, -0.1) is 0 Å². The highest BCUT2D eigenvalue weighted by molar-refractivity contribution is 6.02. The number of hydrogen-bond acceptors (Lipinski definition) is 4. The number of aliphatic imine (C=N–C) groups is 1. The van der Waals surface area contributed by atoms with E-state index < -0.39 is 17.5 Å². The van der Waals surface area contributed by atoms with Gasteiger partial charge in [0.25, 0.3) is 5.91 Å². The summed E-state index contributed by atoms with van der Waals surface area (Å²) in [6.07, 6.45) is 0.754. The quantitative estimate of drug-likeness (QED) is 0.421. The van der Waals surface area contributed by atoms with Crippen LogP contribution in [0.5, 0.6) is 0 Å². The van der Waals surface area contributed by atoms with E-state index in [1.54, 1.807) is 18.2 Å². The van der Waals surface area contributed by atoms with E-state index in [-0.39, 0.29) is 17.1 Å². The minimum Gasteiger partial charge on any atom is -0.398 e. The van der Waals surface area contributed by atoms with Gasteiger partial charge < -0.3 is 16.8 Å². The zero-order valence-electron chi connectivity index (χ0n) is 14.4. The molecule has 0 heterocycles. The molecule has 26 heavy (non-hydrogen) atoms. The molecule has 0 aliphatic heterocycles. The maximum atomic E-state index is 13.5. The van der Waals surface area contributed by atoms with Crippen LogP contribution in [0.3, 0.4) is 0 Å². The van der Waals surface area contributed by atoms with Crippen molar-refractivity contribution in [1.29, 1.82) is 0 Å². The normalized spacial score (nSPS) is 11.7. The molecule has 5 N–H and O–H groups in total. The summed E-state index contributed by atoms with van der Waals surface area (Å²) >= 11 is 0. The van der Waals surface area contributed by atoms with Crippen molar-refractivity contribution in [2.24, 2.45) is 10.7 Å². The molecule has 0 aromatic heterocycles. The number of hydrogen-bond donors (Lipinski definition) is 3. The lowest BCUT2D eigenvalue weighted by atomic mass is 9.98. The smallest absolute Gasteiger partial charge is 0.272 e. The Morgan fingerprint density at radius 1 is 1.23 bits per heavy atom. The highest BCUT2D eigenvalue weighted by atomic mass is 19.2. The number of nitrogens with two attached hydrogens (primary N) is 2. The molecular weight excluding hydrogens is 338 g/mol. The second-order valence-corrected chi connectivity index (χ2v) is 5.57. The Morgan fingerprint density at radius 2 is 1.96 bits per heavy atom. The van der Waals surface area contributed by atoms with Gasteiger partial charge in [-0.2, -0.15) is 0 Å². The summed E-state index contributed by atoms with van der Waals surface area (Å²) in [5.74, 6) is -2.39. The van der Waals surface area contributed by atoms with Crippen LogP contribution in [0.25, 0.3) is 16.8 Å². The van der Waals surface area contributed by atoms with Crippen LogP contribution in [0.15, 0.2) is 47.1 Å². The number of nitrogens with one attached hydrogen (secondary N) is 1. The number of halogens is 2. The molecule has 0 saturated heterocycles. The molecule has 0 atom stereocenters. The van der Waals surface area contributed by atoms with Gasteiger partial charge in [-0.3, -0.25) is 9.79 Å². The molecule has 0 radical (unpaired) electrons. The summed E-state index contributed by atoms with van der Waals surface area (Å²) in [6, 6.07) is 8.40. The van der Waals surface area contributed by atoms with Gasteiger partial charge in [-0.25, -0.2) is 8.78 Å². The minimum absolute atomic E-state index is 0.0485. The Hall–Kier alpha value is -3.22. The number of rotatable bonds is 6. The summed E-state index contributed by atoms with van der Waals surface area (Å²) in [5.41, 5.74) is 13.7. The predicted octanol–water partition coefficient (Wildman–Crippen LogP) is 3.07. The van der Waals surface area contributed by atoms with Gasteiger partial charge in [0.1, 0.15) is 0 Å². The SMILES string of the molecule is C=N/C(C(=O)NCCC)=C(/N)c1cccc(-c2ccc(F)c(F)c2)c1N. The highest BCUT2D eigenvalue weighted by Crippen LogP contribution is 2.32. The Bertz CT molecular complexity index is 878. The Kier molecular flexibility index (Phi) is 6.06. The average molecular weight is 358 g/mol. The predicted molar refractivity (Wildman–Crippen MR) is 100 cm³/mol. The highest BCUT2D eigenvalue weighted by Gasteiger charge is 2.17. The third-order valence-electron chi connectivity index (χ3n) is 3.79. The van der Waals surface area contributed by atoms with Crippen LogP contribution in [-0.2, 0) is 4.79 Å². The molecule has 2 rings (SSSR count). The molecule has 7 heteroatoms. The Labute approximate surface area is 150 Å². The fourth-order valence-corrected chi connectivity index (χ4v) is 2.44. The maximum absolute atomic E-state index is 13.5. The zero-order chi connectivity index (χ0) is 19.3. The first-order valence-corrected chi connectivity index (χ1v) is 7.99. The summed E-state index contributed by atoms with van der Waals surface area (Å²) in [7, 11) is 0. The van der Waals surface area contributed by atoms with Crippen molar-refractivity contribution in [3.63, 3.8) is 0 Å². The molecule has 0 saturated carbocycles. The second-order valence-electron chi connectivity index (χ2n) is 5.57. The molecular formula is C19H20F2N4O. The van der Waals surface area contributed by atoms with Gasteiger partial charge in [-0.1, -0.05) is 31.2 Å². The van der Waals surface area contributed by atoms with Gasteiger partial charge in [-0.05, 0) is 30.8 Å².